The van der Waals surface area contributed by atoms with Crippen LogP contribution in [0.5, 0.6) is 0 Å². The molecule has 1 rings (SSSR count). The van der Waals surface area contributed by atoms with Gasteiger partial charge in [0.2, 0.25) is 0 Å². The van der Waals surface area contributed by atoms with E-state index in [0.29, 0.717) is 17.5 Å². The number of nitrogens with one attached hydrogen (secondary N) is 1. The van der Waals surface area contributed by atoms with Crippen LogP contribution in [0.2, 0.25) is 5.15 Å². The van der Waals surface area contributed by atoms with Gasteiger partial charge in [0.05, 0.1) is 11.4 Å². The first-order valence-corrected chi connectivity index (χ1v) is 4.38. The number of aromatic nitrogens is 2. The second-order valence-electron chi connectivity index (χ2n) is 2.70. The molecule has 0 atom stereocenters. The van der Waals surface area contributed by atoms with Crippen LogP contribution in [0.15, 0.2) is 12.7 Å². The van der Waals surface area contributed by atoms with Gasteiger partial charge in [0.1, 0.15) is 0 Å². The van der Waals surface area contributed by atoms with Crippen molar-refractivity contribution in [2.75, 3.05) is 11.9 Å². The Morgan fingerprint density at radius 3 is 2.62 bits per heavy atom. The fourth-order valence-electron chi connectivity index (χ4n) is 0.857. The van der Waals surface area contributed by atoms with Gasteiger partial charge in [-0.3, -0.25) is 0 Å². The van der Waals surface area contributed by atoms with E-state index in [0.717, 1.165) is 11.4 Å². The Balaban J connectivity index is 2.94. The van der Waals surface area contributed by atoms with Crippen molar-refractivity contribution in [2.45, 2.75) is 13.8 Å². The van der Waals surface area contributed by atoms with Crippen LogP contribution < -0.4 is 5.32 Å². The fraction of sp³-hybridized carbons (Fsp3) is 0.333. The fourth-order valence-corrected chi connectivity index (χ4v) is 1.09. The summed E-state index contributed by atoms with van der Waals surface area (Å²) in [5, 5.41) is 3.41. The molecule has 1 heterocycles. The predicted octanol–water partition coefficient (Wildman–Crippen LogP) is 2.34. The van der Waals surface area contributed by atoms with Crippen molar-refractivity contribution in [1.82, 2.24) is 9.97 Å². The Bertz CT molecular complexity index is 323. The van der Waals surface area contributed by atoms with E-state index in [1.807, 2.05) is 13.8 Å². The molecule has 0 aromatic carbocycles. The average molecular weight is 198 g/mol. The molecular formula is C9H12ClN3. The minimum Gasteiger partial charge on any atom is -0.364 e. The summed E-state index contributed by atoms with van der Waals surface area (Å²) in [7, 11) is 0. The molecule has 1 aromatic heterocycles. The molecule has 4 heteroatoms. The molecular weight excluding hydrogens is 186 g/mol. The molecule has 70 valence electrons. The van der Waals surface area contributed by atoms with Crippen molar-refractivity contribution in [2.24, 2.45) is 0 Å². The normalized spacial score (nSPS) is 9.77. The highest BCUT2D eigenvalue weighted by Gasteiger charge is 2.04. The van der Waals surface area contributed by atoms with E-state index in [1.165, 1.54) is 0 Å². The summed E-state index contributed by atoms with van der Waals surface area (Å²) in [6, 6.07) is 0. The average Bonchev–Trinajstić information content (AvgIpc) is 2.09. The van der Waals surface area contributed by atoms with Crippen molar-refractivity contribution in [3.63, 3.8) is 0 Å². The second-order valence-corrected chi connectivity index (χ2v) is 3.06. The Morgan fingerprint density at radius 2 is 2.00 bits per heavy atom. The van der Waals surface area contributed by atoms with Gasteiger partial charge in [-0.05, 0) is 13.8 Å². The molecule has 0 radical (unpaired) electrons. The zero-order valence-electron chi connectivity index (χ0n) is 7.76. The predicted molar refractivity (Wildman–Crippen MR) is 55.2 cm³/mol. The van der Waals surface area contributed by atoms with E-state index >= 15 is 0 Å². The molecule has 0 saturated heterocycles. The molecule has 0 bridgehead atoms. The van der Waals surface area contributed by atoms with Gasteiger partial charge in [-0.2, -0.15) is 0 Å². The number of hydrogen-bond acceptors (Lipinski definition) is 3. The SMILES string of the molecule is C=CCNc1nc(C)c(C)nc1Cl. The lowest BCUT2D eigenvalue weighted by molar-refractivity contribution is 1.04. The minimum atomic E-state index is 0.407. The van der Waals surface area contributed by atoms with Gasteiger partial charge in [-0.15, -0.1) is 6.58 Å². The summed E-state index contributed by atoms with van der Waals surface area (Å²) in [5.41, 5.74) is 1.74. The summed E-state index contributed by atoms with van der Waals surface area (Å²) < 4.78 is 0. The second kappa shape index (κ2) is 4.23. The lowest BCUT2D eigenvalue weighted by Crippen LogP contribution is -2.04. The standard InChI is InChI=1S/C9H12ClN3/c1-4-5-11-9-8(10)12-6(2)7(3)13-9/h4H,1,5H2,2-3H3,(H,11,13). The maximum Gasteiger partial charge on any atom is 0.171 e. The third kappa shape index (κ3) is 2.42. The zero-order chi connectivity index (χ0) is 9.84. The van der Waals surface area contributed by atoms with Gasteiger partial charge in [0.25, 0.3) is 0 Å². The number of rotatable bonds is 3. The zero-order valence-corrected chi connectivity index (χ0v) is 8.52. The van der Waals surface area contributed by atoms with Gasteiger partial charge < -0.3 is 5.32 Å². The number of anilines is 1. The van der Waals surface area contributed by atoms with Crippen LogP contribution >= 0.6 is 11.6 Å². The molecule has 13 heavy (non-hydrogen) atoms. The Morgan fingerprint density at radius 1 is 1.38 bits per heavy atom. The molecule has 0 amide bonds. The molecule has 0 aliphatic carbocycles. The summed E-state index contributed by atoms with van der Waals surface area (Å²) in [5.74, 6) is 0.615. The van der Waals surface area contributed by atoms with Crippen LogP contribution in [-0.4, -0.2) is 16.5 Å². The molecule has 0 saturated carbocycles. The molecule has 0 unspecified atom stereocenters. The minimum absolute atomic E-state index is 0.407. The smallest absolute Gasteiger partial charge is 0.171 e. The number of hydrogen-bond donors (Lipinski definition) is 1. The van der Waals surface area contributed by atoms with Gasteiger partial charge >= 0.3 is 0 Å². The number of nitrogens with zero attached hydrogens (tertiary/aromatic N) is 2. The van der Waals surface area contributed by atoms with Crippen molar-refractivity contribution in [3.8, 4) is 0 Å². The van der Waals surface area contributed by atoms with E-state index in [9.17, 15) is 0 Å². The lowest BCUT2D eigenvalue weighted by Gasteiger charge is -2.06. The van der Waals surface area contributed by atoms with Gasteiger partial charge in [-0.1, -0.05) is 17.7 Å². The van der Waals surface area contributed by atoms with E-state index in [2.05, 4.69) is 21.9 Å². The first kappa shape index (κ1) is 9.99. The highest BCUT2D eigenvalue weighted by Crippen LogP contribution is 2.17. The van der Waals surface area contributed by atoms with Gasteiger partial charge in [-0.25, -0.2) is 9.97 Å². The van der Waals surface area contributed by atoms with Crippen LogP contribution in [0.25, 0.3) is 0 Å². The van der Waals surface area contributed by atoms with Crippen LogP contribution in [0.4, 0.5) is 5.82 Å². The third-order valence-electron chi connectivity index (χ3n) is 1.68. The lowest BCUT2D eigenvalue weighted by atomic mass is 10.3. The van der Waals surface area contributed by atoms with E-state index in [4.69, 9.17) is 11.6 Å². The Hall–Kier alpha value is -1.09. The molecule has 1 aromatic rings. The van der Waals surface area contributed by atoms with E-state index < -0.39 is 0 Å². The molecule has 0 aliphatic heterocycles. The van der Waals surface area contributed by atoms with Crippen molar-refractivity contribution in [1.29, 1.82) is 0 Å². The van der Waals surface area contributed by atoms with Crippen LogP contribution in [0, 0.1) is 13.8 Å². The Labute approximate surface area is 82.9 Å². The summed E-state index contributed by atoms with van der Waals surface area (Å²) >= 11 is 5.87. The highest BCUT2D eigenvalue weighted by molar-refractivity contribution is 6.31. The van der Waals surface area contributed by atoms with Crippen molar-refractivity contribution >= 4 is 17.4 Å². The van der Waals surface area contributed by atoms with Crippen molar-refractivity contribution < 1.29 is 0 Å². The molecule has 0 spiro atoms. The number of aryl methyl sites for hydroxylation is 2. The maximum atomic E-state index is 5.87. The highest BCUT2D eigenvalue weighted by atomic mass is 35.5. The molecule has 0 aliphatic rings. The van der Waals surface area contributed by atoms with Crippen LogP contribution in [0.1, 0.15) is 11.4 Å². The molecule has 1 N–H and O–H groups in total. The summed E-state index contributed by atoms with van der Waals surface area (Å²) in [6.07, 6.45) is 1.74. The monoisotopic (exact) mass is 197 g/mol. The van der Waals surface area contributed by atoms with Crippen LogP contribution in [-0.2, 0) is 0 Å². The van der Waals surface area contributed by atoms with Crippen molar-refractivity contribution in [3.05, 3.63) is 29.2 Å². The topological polar surface area (TPSA) is 37.8 Å². The maximum absolute atomic E-state index is 5.87. The van der Waals surface area contributed by atoms with Crippen LogP contribution in [0.3, 0.4) is 0 Å². The van der Waals surface area contributed by atoms with E-state index in [1.54, 1.807) is 6.08 Å². The molecule has 0 fully saturated rings. The quantitative estimate of drug-likeness (QED) is 0.756. The number of halogens is 1. The van der Waals surface area contributed by atoms with Gasteiger partial charge in [0, 0.05) is 6.54 Å². The Kier molecular flexibility index (Phi) is 3.25. The first-order valence-electron chi connectivity index (χ1n) is 4.00. The third-order valence-corrected chi connectivity index (χ3v) is 1.94. The largest absolute Gasteiger partial charge is 0.364 e. The first-order chi connectivity index (χ1) is 6.15. The van der Waals surface area contributed by atoms with E-state index in [-0.39, 0.29) is 0 Å². The summed E-state index contributed by atoms with van der Waals surface area (Å²) in [4.78, 5) is 8.39. The molecule has 3 nitrogen and oxygen atoms in total. The summed E-state index contributed by atoms with van der Waals surface area (Å²) in [6.45, 7) is 8.01. The van der Waals surface area contributed by atoms with Gasteiger partial charge in [0.15, 0.2) is 11.0 Å².